The van der Waals surface area contributed by atoms with Crippen LogP contribution in [0.4, 0.5) is 0 Å². The Kier molecular flexibility index (Phi) is 2.00. The van der Waals surface area contributed by atoms with Crippen LogP contribution in [0.5, 0.6) is 0 Å². The van der Waals surface area contributed by atoms with E-state index in [2.05, 4.69) is 15.2 Å². The van der Waals surface area contributed by atoms with Crippen molar-refractivity contribution < 1.29 is 9.53 Å². The lowest BCUT2D eigenvalue weighted by molar-refractivity contribution is -0.144. The van der Waals surface area contributed by atoms with Gasteiger partial charge in [0.05, 0.1) is 12.5 Å². The van der Waals surface area contributed by atoms with Crippen molar-refractivity contribution in [3.8, 4) is 0 Å². The zero-order valence-corrected chi connectivity index (χ0v) is 7.36. The molecule has 13 heavy (non-hydrogen) atoms. The molecule has 0 spiro atoms. The van der Waals surface area contributed by atoms with Crippen molar-refractivity contribution in [2.45, 2.75) is 19.3 Å². The highest BCUT2D eigenvalue weighted by molar-refractivity contribution is 5.76. The monoisotopic (exact) mass is 181 g/mol. The molecule has 1 aliphatic rings. The minimum Gasteiger partial charge on any atom is -0.466 e. The molecule has 0 aromatic carbocycles. The molecule has 5 nitrogen and oxygen atoms in total. The van der Waals surface area contributed by atoms with E-state index in [9.17, 15) is 4.79 Å². The van der Waals surface area contributed by atoms with E-state index in [-0.39, 0.29) is 17.8 Å². The van der Waals surface area contributed by atoms with Crippen molar-refractivity contribution in [2.75, 3.05) is 6.61 Å². The highest BCUT2D eigenvalue weighted by atomic mass is 16.5. The third kappa shape index (κ3) is 1.54. The minimum atomic E-state index is -0.121. The van der Waals surface area contributed by atoms with Gasteiger partial charge >= 0.3 is 5.97 Å². The van der Waals surface area contributed by atoms with E-state index in [0.717, 1.165) is 12.2 Å². The second-order valence-electron chi connectivity index (χ2n) is 3.07. The average Bonchev–Trinajstić information content (AvgIpc) is 2.74. The SMILES string of the molecule is CCOC(=O)[C@H]1C[C@H]1c1ncn[nH]1. The molecule has 1 aliphatic carbocycles. The lowest BCUT2D eigenvalue weighted by atomic mass is 10.3. The molecule has 1 N–H and O–H groups in total. The van der Waals surface area contributed by atoms with Crippen molar-refractivity contribution in [3.63, 3.8) is 0 Å². The summed E-state index contributed by atoms with van der Waals surface area (Å²) in [4.78, 5) is 15.2. The highest BCUT2D eigenvalue weighted by Gasteiger charge is 2.47. The standard InChI is InChI=1S/C8H11N3O2/c1-2-13-8(12)6-3-5(6)7-9-4-10-11-7/h4-6H,2-3H2,1H3,(H,9,10,11)/t5-,6+/m1/s1. The van der Waals surface area contributed by atoms with Crippen LogP contribution >= 0.6 is 0 Å². The van der Waals surface area contributed by atoms with Gasteiger partial charge in [-0.1, -0.05) is 0 Å². The van der Waals surface area contributed by atoms with Crippen LogP contribution in [0.25, 0.3) is 0 Å². The number of H-pyrrole nitrogens is 1. The Morgan fingerprint density at radius 2 is 2.69 bits per heavy atom. The summed E-state index contributed by atoms with van der Waals surface area (Å²) in [5.41, 5.74) is 0. The van der Waals surface area contributed by atoms with Crippen LogP contribution < -0.4 is 0 Å². The molecule has 70 valence electrons. The van der Waals surface area contributed by atoms with Crippen molar-refractivity contribution in [1.82, 2.24) is 15.2 Å². The van der Waals surface area contributed by atoms with Crippen LogP contribution in [0.1, 0.15) is 25.1 Å². The number of esters is 1. The third-order valence-corrected chi connectivity index (χ3v) is 2.16. The molecule has 0 bridgehead atoms. The van der Waals surface area contributed by atoms with Gasteiger partial charge < -0.3 is 4.74 Å². The lowest BCUT2D eigenvalue weighted by Crippen LogP contribution is -2.07. The molecule has 2 atom stereocenters. The molecule has 0 aliphatic heterocycles. The number of carbonyl (C=O) groups is 1. The minimum absolute atomic E-state index is 0.00657. The molecule has 1 saturated carbocycles. The predicted molar refractivity (Wildman–Crippen MR) is 43.9 cm³/mol. The number of aromatic nitrogens is 3. The first kappa shape index (κ1) is 8.22. The topological polar surface area (TPSA) is 67.9 Å². The summed E-state index contributed by atoms with van der Waals surface area (Å²) in [5, 5.41) is 6.49. The number of nitrogens with zero attached hydrogens (tertiary/aromatic N) is 2. The van der Waals surface area contributed by atoms with Gasteiger partial charge in [-0.25, -0.2) is 4.98 Å². The van der Waals surface area contributed by atoms with Gasteiger partial charge in [0.15, 0.2) is 0 Å². The summed E-state index contributed by atoms with van der Waals surface area (Å²) >= 11 is 0. The molecular formula is C8H11N3O2. The molecule has 1 aromatic heterocycles. The number of carbonyl (C=O) groups excluding carboxylic acids is 1. The van der Waals surface area contributed by atoms with E-state index in [1.807, 2.05) is 6.92 Å². The van der Waals surface area contributed by atoms with Crippen LogP contribution in [0.2, 0.25) is 0 Å². The Hall–Kier alpha value is -1.39. The Morgan fingerprint density at radius 1 is 1.85 bits per heavy atom. The maximum absolute atomic E-state index is 11.2. The second-order valence-corrected chi connectivity index (χ2v) is 3.07. The fraction of sp³-hybridized carbons (Fsp3) is 0.625. The quantitative estimate of drug-likeness (QED) is 0.688. The Bertz CT molecular complexity index is 296. The fourth-order valence-electron chi connectivity index (χ4n) is 1.40. The van der Waals surface area contributed by atoms with E-state index < -0.39 is 0 Å². The number of ether oxygens (including phenoxy) is 1. The van der Waals surface area contributed by atoms with Gasteiger partial charge in [-0.3, -0.25) is 9.89 Å². The molecule has 0 amide bonds. The third-order valence-electron chi connectivity index (χ3n) is 2.16. The van der Waals surface area contributed by atoms with Crippen LogP contribution in [0.3, 0.4) is 0 Å². The van der Waals surface area contributed by atoms with Gasteiger partial charge in [-0.2, -0.15) is 5.10 Å². The number of nitrogens with one attached hydrogen (secondary N) is 1. The fourth-order valence-corrected chi connectivity index (χ4v) is 1.40. The molecule has 1 heterocycles. The summed E-state index contributed by atoms with van der Waals surface area (Å²) in [5.74, 6) is 0.858. The Balaban J connectivity index is 1.92. The summed E-state index contributed by atoms with van der Waals surface area (Å²) in [6.07, 6.45) is 2.28. The summed E-state index contributed by atoms with van der Waals surface area (Å²) in [7, 11) is 0. The van der Waals surface area contributed by atoms with Gasteiger partial charge in [0.2, 0.25) is 0 Å². The highest BCUT2D eigenvalue weighted by Crippen LogP contribution is 2.46. The number of aromatic amines is 1. The van der Waals surface area contributed by atoms with E-state index >= 15 is 0 Å². The van der Waals surface area contributed by atoms with Crippen LogP contribution in [0.15, 0.2) is 6.33 Å². The first-order chi connectivity index (χ1) is 6.33. The van der Waals surface area contributed by atoms with Crippen LogP contribution in [-0.2, 0) is 9.53 Å². The molecule has 0 unspecified atom stereocenters. The molecule has 1 aromatic rings. The maximum Gasteiger partial charge on any atom is 0.309 e. The first-order valence-corrected chi connectivity index (χ1v) is 4.34. The number of hydrogen-bond acceptors (Lipinski definition) is 4. The normalized spacial score (nSPS) is 25.6. The van der Waals surface area contributed by atoms with E-state index in [1.165, 1.54) is 6.33 Å². The lowest BCUT2D eigenvalue weighted by Gasteiger charge is -1.98. The van der Waals surface area contributed by atoms with Gasteiger partial charge in [-0.15, -0.1) is 0 Å². The molecular weight excluding hydrogens is 170 g/mol. The van der Waals surface area contributed by atoms with Crippen LogP contribution in [-0.4, -0.2) is 27.8 Å². The van der Waals surface area contributed by atoms with Crippen molar-refractivity contribution in [2.24, 2.45) is 5.92 Å². The van der Waals surface area contributed by atoms with E-state index in [4.69, 9.17) is 4.74 Å². The Morgan fingerprint density at radius 3 is 3.31 bits per heavy atom. The zero-order valence-electron chi connectivity index (χ0n) is 7.36. The summed E-state index contributed by atoms with van der Waals surface area (Å²) < 4.78 is 4.89. The van der Waals surface area contributed by atoms with Gasteiger partial charge in [0.1, 0.15) is 12.2 Å². The number of hydrogen-bond donors (Lipinski definition) is 1. The molecule has 0 radical (unpaired) electrons. The van der Waals surface area contributed by atoms with Crippen molar-refractivity contribution in [3.05, 3.63) is 12.2 Å². The largest absolute Gasteiger partial charge is 0.466 e. The van der Waals surface area contributed by atoms with E-state index in [0.29, 0.717) is 6.61 Å². The maximum atomic E-state index is 11.2. The summed E-state index contributed by atoms with van der Waals surface area (Å²) in [6.45, 7) is 2.25. The number of rotatable bonds is 3. The average molecular weight is 181 g/mol. The Labute approximate surface area is 75.5 Å². The smallest absolute Gasteiger partial charge is 0.309 e. The van der Waals surface area contributed by atoms with E-state index in [1.54, 1.807) is 0 Å². The second kappa shape index (κ2) is 3.16. The first-order valence-electron chi connectivity index (χ1n) is 4.34. The predicted octanol–water partition coefficient (Wildman–Crippen LogP) is 0.471. The van der Waals surface area contributed by atoms with Gasteiger partial charge in [-0.05, 0) is 13.3 Å². The van der Waals surface area contributed by atoms with Crippen molar-refractivity contribution in [1.29, 1.82) is 0 Å². The van der Waals surface area contributed by atoms with Gasteiger partial charge in [0.25, 0.3) is 0 Å². The molecule has 2 rings (SSSR count). The molecule has 0 saturated heterocycles. The zero-order chi connectivity index (χ0) is 9.26. The molecule has 1 fully saturated rings. The van der Waals surface area contributed by atoms with Crippen LogP contribution in [0, 0.1) is 5.92 Å². The van der Waals surface area contributed by atoms with Crippen molar-refractivity contribution >= 4 is 5.97 Å². The summed E-state index contributed by atoms with van der Waals surface area (Å²) in [6, 6.07) is 0. The van der Waals surface area contributed by atoms with Gasteiger partial charge in [0, 0.05) is 5.92 Å². The molecule has 5 heteroatoms.